The molecule has 2 N–H and O–H groups in total. The minimum atomic E-state index is -0.547. The number of anilines is 1. The minimum absolute atomic E-state index is 0.294. The molecule has 112 valence electrons. The summed E-state index contributed by atoms with van der Waals surface area (Å²) in [5, 5.41) is 1.36. The van der Waals surface area contributed by atoms with Crippen LogP contribution in [-0.2, 0) is 6.54 Å². The van der Waals surface area contributed by atoms with Gasteiger partial charge in [0.1, 0.15) is 10.8 Å². The normalized spacial score (nSPS) is 10.8. The predicted octanol–water partition coefficient (Wildman–Crippen LogP) is 3.08. The van der Waals surface area contributed by atoms with Crippen molar-refractivity contribution in [3.63, 3.8) is 0 Å². The molecule has 0 aliphatic heterocycles. The largest absolute Gasteiger partial charge is 0.366 e. The van der Waals surface area contributed by atoms with E-state index in [2.05, 4.69) is 9.97 Å². The smallest absolute Gasteiger partial charge is 0.250 e. The minimum Gasteiger partial charge on any atom is -0.366 e. The third kappa shape index (κ3) is 2.88. The van der Waals surface area contributed by atoms with E-state index in [1.54, 1.807) is 11.3 Å². The van der Waals surface area contributed by atoms with Gasteiger partial charge in [0.25, 0.3) is 0 Å². The van der Waals surface area contributed by atoms with Crippen molar-refractivity contribution >= 4 is 44.9 Å². The average molecular weight is 333 g/mol. The number of thiazole rings is 1. The number of para-hydroxylation sites is 1. The number of carbonyl (C=O) groups is 1. The fraction of sp³-hybridized carbons (Fsp3) is 0.133. The molecule has 0 spiro atoms. The number of fused-ring (bicyclic) bond motifs is 1. The van der Waals surface area contributed by atoms with E-state index in [1.165, 1.54) is 12.3 Å². The van der Waals surface area contributed by atoms with Crippen LogP contribution in [0, 0.1) is 0 Å². The van der Waals surface area contributed by atoms with Crippen LogP contribution in [0.2, 0.25) is 5.02 Å². The first kappa shape index (κ1) is 14.7. The molecule has 2 heterocycles. The molecule has 0 saturated heterocycles. The van der Waals surface area contributed by atoms with Crippen molar-refractivity contribution in [2.45, 2.75) is 6.54 Å². The number of primary amides is 1. The summed E-state index contributed by atoms with van der Waals surface area (Å²) in [6.07, 6.45) is 1.43. The molecular formula is C15H13ClN4OS. The Labute approximate surface area is 136 Å². The first-order chi connectivity index (χ1) is 10.5. The van der Waals surface area contributed by atoms with Crippen molar-refractivity contribution in [1.29, 1.82) is 0 Å². The Hall–Kier alpha value is -2.18. The highest BCUT2D eigenvalue weighted by molar-refractivity contribution is 7.18. The molecule has 2 aromatic heterocycles. The van der Waals surface area contributed by atoms with Gasteiger partial charge in [-0.25, -0.2) is 9.97 Å². The van der Waals surface area contributed by atoms with Gasteiger partial charge >= 0.3 is 0 Å². The van der Waals surface area contributed by atoms with Crippen LogP contribution in [0.1, 0.15) is 15.4 Å². The SMILES string of the molecule is CN(Cc1nc2ccccc2s1)c1ncc(C(N)=O)cc1Cl. The highest BCUT2D eigenvalue weighted by Crippen LogP contribution is 2.27. The first-order valence-electron chi connectivity index (χ1n) is 6.55. The van der Waals surface area contributed by atoms with Gasteiger partial charge in [-0.1, -0.05) is 23.7 Å². The molecule has 7 heteroatoms. The third-order valence-corrected chi connectivity index (χ3v) is 4.48. The molecule has 0 bridgehead atoms. The molecule has 0 radical (unpaired) electrons. The van der Waals surface area contributed by atoms with E-state index in [9.17, 15) is 4.79 Å². The second-order valence-corrected chi connectivity index (χ2v) is 6.35. The van der Waals surface area contributed by atoms with Crippen LogP contribution in [0.3, 0.4) is 0 Å². The van der Waals surface area contributed by atoms with Crippen LogP contribution in [0.25, 0.3) is 10.2 Å². The Morgan fingerprint density at radius 3 is 2.86 bits per heavy atom. The lowest BCUT2D eigenvalue weighted by atomic mass is 10.2. The van der Waals surface area contributed by atoms with Crippen molar-refractivity contribution in [3.8, 4) is 0 Å². The summed E-state index contributed by atoms with van der Waals surface area (Å²) < 4.78 is 1.15. The number of amides is 1. The Morgan fingerprint density at radius 1 is 1.41 bits per heavy atom. The van der Waals surface area contributed by atoms with Crippen molar-refractivity contribution in [1.82, 2.24) is 9.97 Å². The van der Waals surface area contributed by atoms with Gasteiger partial charge < -0.3 is 10.6 Å². The van der Waals surface area contributed by atoms with Gasteiger partial charge in [0, 0.05) is 13.2 Å². The van der Waals surface area contributed by atoms with E-state index in [1.807, 2.05) is 36.2 Å². The standard InChI is InChI=1S/C15H13ClN4OS/c1-20(15-10(16)6-9(7-18-15)14(17)21)8-13-19-11-4-2-3-5-12(11)22-13/h2-7H,8H2,1H3,(H2,17,21). The van der Waals surface area contributed by atoms with Gasteiger partial charge in [0.2, 0.25) is 5.91 Å². The predicted molar refractivity (Wildman–Crippen MR) is 89.5 cm³/mol. The Morgan fingerprint density at radius 2 is 2.18 bits per heavy atom. The number of nitrogens with two attached hydrogens (primary N) is 1. The summed E-state index contributed by atoms with van der Waals surface area (Å²) >= 11 is 7.82. The van der Waals surface area contributed by atoms with Crippen molar-refractivity contribution in [2.24, 2.45) is 5.73 Å². The first-order valence-corrected chi connectivity index (χ1v) is 7.75. The second kappa shape index (κ2) is 5.90. The Bertz CT molecular complexity index is 815. The number of pyridine rings is 1. The summed E-state index contributed by atoms with van der Waals surface area (Å²) in [4.78, 5) is 21.8. The van der Waals surface area contributed by atoms with Crippen LogP contribution in [0.4, 0.5) is 5.82 Å². The number of hydrogen-bond donors (Lipinski definition) is 1. The lowest BCUT2D eigenvalue weighted by Crippen LogP contribution is -2.19. The van der Waals surface area contributed by atoms with Crippen LogP contribution < -0.4 is 10.6 Å². The zero-order chi connectivity index (χ0) is 15.7. The molecule has 5 nitrogen and oxygen atoms in total. The molecule has 0 atom stereocenters. The van der Waals surface area contributed by atoms with Crippen molar-refractivity contribution in [3.05, 3.63) is 52.1 Å². The molecule has 3 rings (SSSR count). The number of carbonyl (C=O) groups excluding carboxylic acids is 1. The Kier molecular flexibility index (Phi) is 3.96. The molecule has 0 saturated carbocycles. The quantitative estimate of drug-likeness (QED) is 0.797. The highest BCUT2D eigenvalue weighted by atomic mass is 35.5. The van der Waals surface area contributed by atoms with Crippen molar-refractivity contribution in [2.75, 3.05) is 11.9 Å². The number of halogens is 1. The van der Waals surface area contributed by atoms with Gasteiger partial charge in [0.05, 0.1) is 27.3 Å². The molecule has 0 aliphatic rings. The molecule has 0 fully saturated rings. The zero-order valence-electron chi connectivity index (χ0n) is 11.8. The van der Waals surface area contributed by atoms with Crippen LogP contribution in [0.15, 0.2) is 36.5 Å². The summed E-state index contributed by atoms with van der Waals surface area (Å²) in [6, 6.07) is 9.53. The fourth-order valence-corrected chi connectivity index (χ4v) is 3.44. The maximum Gasteiger partial charge on any atom is 0.250 e. The number of benzene rings is 1. The van der Waals surface area contributed by atoms with Crippen molar-refractivity contribution < 1.29 is 4.79 Å². The molecule has 3 aromatic rings. The molecule has 22 heavy (non-hydrogen) atoms. The van der Waals surface area contributed by atoms with Gasteiger partial charge in [-0.05, 0) is 18.2 Å². The average Bonchev–Trinajstić information content (AvgIpc) is 2.88. The van der Waals surface area contributed by atoms with E-state index in [-0.39, 0.29) is 0 Å². The van der Waals surface area contributed by atoms with E-state index in [0.717, 1.165) is 15.2 Å². The number of aromatic nitrogens is 2. The Balaban J connectivity index is 1.84. The third-order valence-electron chi connectivity index (χ3n) is 3.18. The summed E-state index contributed by atoms with van der Waals surface area (Å²) in [6.45, 7) is 0.585. The molecule has 0 unspecified atom stereocenters. The van der Waals surface area contributed by atoms with Gasteiger partial charge in [-0.2, -0.15) is 0 Å². The van der Waals surface area contributed by atoms with E-state index in [4.69, 9.17) is 17.3 Å². The molecule has 1 aromatic carbocycles. The maximum atomic E-state index is 11.1. The number of nitrogens with zero attached hydrogens (tertiary/aromatic N) is 3. The summed E-state index contributed by atoms with van der Waals surface area (Å²) in [5.74, 6) is 0.0423. The van der Waals surface area contributed by atoms with Gasteiger partial charge in [-0.3, -0.25) is 4.79 Å². The molecule has 0 aliphatic carbocycles. The second-order valence-electron chi connectivity index (χ2n) is 4.83. The van der Waals surface area contributed by atoms with Gasteiger partial charge in [-0.15, -0.1) is 11.3 Å². The van der Waals surface area contributed by atoms with E-state index >= 15 is 0 Å². The zero-order valence-corrected chi connectivity index (χ0v) is 13.4. The van der Waals surface area contributed by atoms with Crippen LogP contribution in [-0.4, -0.2) is 22.9 Å². The monoisotopic (exact) mass is 332 g/mol. The van der Waals surface area contributed by atoms with E-state index < -0.39 is 5.91 Å². The lowest BCUT2D eigenvalue weighted by molar-refractivity contribution is 0.1000. The lowest BCUT2D eigenvalue weighted by Gasteiger charge is -2.18. The van der Waals surface area contributed by atoms with Gasteiger partial charge in [0.15, 0.2) is 0 Å². The molecule has 1 amide bonds. The summed E-state index contributed by atoms with van der Waals surface area (Å²) in [7, 11) is 1.88. The van der Waals surface area contributed by atoms with Crippen LogP contribution in [0.5, 0.6) is 0 Å². The maximum absolute atomic E-state index is 11.1. The van der Waals surface area contributed by atoms with E-state index in [0.29, 0.717) is 22.9 Å². The number of hydrogen-bond acceptors (Lipinski definition) is 5. The summed E-state index contributed by atoms with van der Waals surface area (Å²) in [5.41, 5.74) is 6.49. The number of rotatable bonds is 4. The van der Waals surface area contributed by atoms with Crippen LogP contribution >= 0.6 is 22.9 Å². The topological polar surface area (TPSA) is 72.1 Å². The highest BCUT2D eigenvalue weighted by Gasteiger charge is 2.13. The molecular weight excluding hydrogens is 320 g/mol. The fourth-order valence-electron chi connectivity index (χ4n) is 2.11.